The molecule has 0 atom stereocenters. The van der Waals surface area contributed by atoms with Gasteiger partial charge in [-0.2, -0.15) is 0 Å². The Labute approximate surface area is 129 Å². The molecule has 1 aromatic carbocycles. The summed E-state index contributed by atoms with van der Waals surface area (Å²) in [5.41, 5.74) is 0.962. The first kappa shape index (κ1) is 13.8. The molecule has 3 rings (SSSR count). The predicted molar refractivity (Wildman–Crippen MR) is 83.3 cm³/mol. The van der Waals surface area contributed by atoms with Gasteiger partial charge in [0.15, 0.2) is 11.0 Å². The van der Waals surface area contributed by atoms with Crippen molar-refractivity contribution in [3.05, 3.63) is 41.9 Å². The van der Waals surface area contributed by atoms with Gasteiger partial charge in [-0.1, -0.05) is 42.1 Å². The van der Waals surface area contributed by atoms with E-state index in [0.717, 1.165) is 5.56 Å². The molecule has 6 nitrogen and oxygen atoms in total. The van der Waals surface area contributed by atoms with Crippen LogP contribution in [0.1, 0.15) is 0 Å². The molecule has 0 saturated heterocycles. The van der Waals surface area contributed by atoms with E-state index in [-0.39, 0.29) is 11.7 Å². The molecule has 0 unspecified atom stereocenters. The minimum Gasteiger partial charge on any atom is -0.301 e. The van der Waals surface area contributed by atoms with E-state index in [1.165, 1.54) is 23.1 Å². The number of nitrogens with zero attached hydrogens (tertiary/aromatic N) is 3. The first-order valence-corrected chi connectivity index (χ1v) is 7.98. The minimum atomic E-state index is -0.124. The first-order valence-electron chi connectivity index (χ1n) is 6.11. The second kappa shape index (κ2) is 6.51. The van der Waals surface area contributed by atoms with Crippen LogP contribution in [0.4, 0.5) is 5.13 Å². The van der Waals surface area contributed by atoms with E-state index in [4.69, 9.17) is 0 Å². The van der Waals surface area contributed by atoms with Crippen LogP contribution in [0.3, 0.4) is 0 Å². The number of aromatic nitrogens is 4. The molecule has 2 aromatic heterocycles. The molecule has 0 aliphatic carbocycles. The highest BCUT2D eigenvalue weighted by Gasteiger charge is 2.09. The number of carbonyl (C=O) groups excluding carboxylic acids is 1. The monoisotopic (exact) mass is 317 g/mol. The zero-order valence-electron chi connectivity index (χ0n) is 10.8. The fourth-order valence-corrected chi connectivity index (χ4v) is 2.75. The Bertz CT molecular complexity index is 711. The lowest BCUT2D eigenvalue weighted by Crippen LogP contribution is -2.13. The van der Waals surface area contributed by atoms with Gasteiger partial charge in [-0.15, -0.1) is 16.4 Å². The molecule has 0 fully saturated rings. The number of amides is 1. The highest BCUT2D eigenvalue weighted by molar-refractivity contribution is 7.99. The van der Waals surface area contributed by atoms with E-state index in [1.807, 2.05) is 35.7 Å². The summed E-state index contributed by atoms with van der Waals surface area (Å²) in [5.74, 6) is 0.811. The van der Waals surface area contributed by atoms with E-state index >= 15 is 0 Å². The van der Waals surface area contributed by atoms with Crippen LogP contribution in [0.2, 0.25) is 0 Å². The van der Waals surface area contributed by atoms with Crippen molar-refractivity contribution in [2.45, 2.75) is 5.16 Å². The van der Waals surface area contributed by atoms with Gasteiger partial charge in [-0.3, -0.25) is 9.89 Å². The minimum absolute atomic E-state index is 0.124. The Morgan fingerprint density at radius 3 is 2.95 bits per heavy atom. The number of H-pyrrole nitrogens is 1. The smallest absolute Gasteiger partial charge is 0.236 e. The molecule has 106 valence electrons. The van der Waals surface area contributed by atoms with Crippen molar-refractivity contribution in [3.63, 3.8) is 0 Å². The number of hydrogen-bond donors (Lipinski definition) is 2. The molecule has 2 N–H and O–H groups in total. The van der Waals surface area contributed by atoms with Gasteiger partial charge in [-0.25, -0.2) is 9.97 Å². The Morgan fingerprint density at radius 1 is 1.33 bits per heavy atom. The molecule has 8 heteroatoms. The standard InChI is InChI=1S/C13H11N5OS2/c19-10(15-12-14-6-7-20-12)8-21-13-16-11(17-18-13)9-4-2-1-3-5-9/h1-7H,8H2,(H,14,15,19)(H,16,17,18). The van der Waals surface area contributed by atoms with Crippen LogP contribution in [-0.2, 0) is 4.79 Å². The average Bonchev–Trinajstić information content (AvgIpc) is 3.17. The quantitative estimate of drug-likeness (QED) is 0.707. The van der Waals surface area contributed by atoms with Crippen molar-refractivity contribution in [1.82, 2.24) is 20.2 Å². The van der Waals surface area contributed by atoms with Gasteiger partial charge in [0.25, 0.3) is 0 Å². The van der Waals surface area contributed by atoms with Crippen molar-refractivity contribution >= 4 is 34.1 Å². The third-order valence-electron chi connectivity index (χ3n) is 2.52. The van der Waals surface area contributed by atoms with Crippen molar-refractivity contribution in [3.8, 4) is 11.4 Å². The highest BCUT2D eigenvalue weighted by Crippen LogP contribution is 2.19. The number of thiazole rings is 1. The van der Waals surface area contributed by atoms with Crippen molar-refractivity contribution in [1.29, 1.82) is 0 Å². The fourth-order valence-electron chi connectivity index (χ4n) is 1.61. The first-order chi connectivity index (χ1) is 10.3. The average molecular weight is 317 g/mol. The summed E-state index contributed by atoms with van der Waals surface area (Å²) in [7, 11) is 0. The lowest BCUT2D eigenvalue weighted by molar-refractivity contribution is -0.113. The number of carbonyl (C=O) groups is 1. The molecule has 3 aromatic rings. The summed E-state index contributed by atoms with van der Waals surface area (Å²) in [5, 5.41) is 12.6. The number of hydrogen-bond acceptors (Lipinski definition) is 6. The van der Waals surface area contributed by atoms with E-state index < -0.39 is 0 Å². The third-order valence-corrected chi connectivity index (χ3v) is 4.06. The van der Waals surface area contributed by atoms with E-state index in [0.29, 0.717) is 16.1 Å². The summed E-state index contributed by atoms with van der Waals surface area (Å²) in [6, 6.07) is 9.71. The largest absolute Gasteiger partial charge is 0.301 e. The molecule has 0 aliphatic heterocycles. The fraction of sp³-hybridized carbons (Fsp3) is 0.0769. The summed E-state index contributed by atoms with van der Waals surface area (Å²) in [6.45, 7) is 0. The second-order valence-corrected chi connectivity index (χ2v) is 5.84. The summed E-state index contributed by atoms with van der Waals surface area (Å²) < 4.78 is 0. The molecule has 0 saturated carbocycles. The van der Waals surface area contributed by atoms with Crippen LogP contribution in [-0.4, -0.2) is 31.8 Å². The van der Waals surface area contributed by atoms with Crippen LogP contribution in [0.25, 0.3) is 11.4 Å². The lowest BCUT2D eigenvalue weighted by Gasteiger charge is -1.98. The molecule has 0 spiro atoms. The third kappa shape index (κ3) is 3.67. The number of thioether (sulfide) groups is 1. The van der Waals surface area contributed by atoms with Gasteiger partial charge >= 0.3 is 0 Å². The van der Waals surface area contributed by atoms with Gasteiger partial charge in [0.1, 0.15) is 0 Å². The van der Waals surface area contributed by atoms with Gasteiger partial charge in [-0.05, 0) is 0 Å². The Hall–Kier alpha value is -2.19. The summed E-state index contributed by atoms with van der Waals surface area (Å²) in [4.78, 5) is 20.1. The SMILES string of the molecule is O=C(CSc1n[nH]c(-c2ccccc2)n1)Nc1nccs1. The normalized spacial score (nSPS) is 10.5. The molecule has 0 aliphatic rings. The number of benzene rings is 1. The van der Waals surface area contributed by atoms with E-state index in [1.54, 1.807) is 6.20 Å². The van der Waals surface area contributed by atoms with Crippen molar-refractivity contribution < 1.29 is 4.79 Å². The van der Waals surface area contributed by atoms with Crippen LogP contribution in [0, 0.1) is 0 Å². The zero-order chi connectivity index (χ0) is 14.5. The molecule has 2 heterocycles. The van der Waals surface area contributed by atoms with Crippen LogP contribution >= 0.6 is 23.1 Å². The zero-order valence-corrected chi connectivity index (χ0v) is 12.4. The molecular formula is C13H11N5OS2. The maximum absolute atomic E-state index is 11.7. The molecule has 21 heavy (non-hydrogen) atoms. The van der Waals surface area contributed by atoms with E-state index in [9.17, 15) is 4.79 Å². The second-order valence-electron chi connectivity index (χ2n) is 4.01. The number of rotatable bonds is 5. The van der Waals surface area contributed by atoms with Crippen molar-refractivity contribution in [2.75, 3.05) is 11.1 Å². The van der Waals surface area contributed by atoms with Gasteiger partial charge in [0.2, 0.25) is 11.1 Å². The van der Waals surface area contributed by atoms with Gasteiger partial charge in [0.05, 0.1) is 5.75 Å². The van der Waals surface area contributed by atoms with Gasteiger partial charge in [0, 0.05) is 17.1 Å². The maximum atomic E-state index is 11.7. The predicted octanol–water partition coefficient (Wildman–Crippen LogP) is 2.66. The summed E-state index contributed by atoms with van der Waals surface area (Å²) in [6.07, 6.45) is 1.65. The maximum Gasteiger partial charge on any atom is 0.236 e. The number of nitrogens with one attached hydrogen (secondary N) is 2. The molecular weight excluding hydrogens is 306 g/mol. The van der Waals surface area contributed by atoms with E-state index in [2.05, 4.69) is 25.5 Å². The number of anilines is 1. The molecule has 0 radical (unpaired) electrons. The highest BCUT2D eigenvalue weighted by atomic mass is 32.2. The Morgan fingerprint density at radius 2 is 2.19 bits per heavy atom. The molecule has 1 amide bonds. The molecule has 0 bridgehead atoms. The Kier molecular flexibility index (Phi) is 4.27. The van der Waals surface area contributed by atoms with Gasteiger partial charge < -0.3 is 5.32 Å². The van der Waals surface area contributed by atoms with Crippen LogP contribution in [0.15, 0.2) is 47.1 Å². The van der Waals surface area contributed by atoms with Crippen molar-refractivity contribution in [2.24, 2.45) is 0 Å². The Balaban J connectivity index is 1.56. The van der Waals surface area contributed by atoms with Crippen LogP contribution in [0.5, 0.6) is 0 Å². The summed E-state index contributed by atoms with van der Waals surface area (Å²) >= 11 is 2.66. The number of aromatic amines is 1. The lowest BCUT2D eigenvalue weighted by atomic mass is 10.2. The van der Waals surface area contributed by atoms with Crippen LogP contribution < -0.4 is 5.32 Å². The topological polar surface area (TPSA) is 83.6 Å².